The Morgan fingerprint density at radius 2 is 2.06 bits per heavy atom. The Kier molecular flexibility index (Phi) is 2.93. The molecule has 0 saturated carbocycles. The molecule has 1 N–H and O–H groups in total. The first-order valence-corrected chi connectivity index (χ1v) is 5.36. The Bertz CT molecular complexity index is 373. The van der Waals surface area contributed by atoms with Gasteiger partial charge in [0.15, 0.2) is 0 Å². The smallest absolute Gasteiger partial charge is 0.260 e. The highest BCUT2D eigenvalue weighted by Crippen LogP contribution is 2.33. The van der Waals surface area contributed by atoms with Crippen LogP contribution in [0.1, 0.15) is 31.4 Å². The van der Waals surface area contributed by atoms with Crippen molar-refractivity contribution in [3.8, 4) is 0 Å². The Balaban J connectivity index is 2.09. The predicted molar refractivity (Wildman–Crippen MR) is 55.9 cm³/mol. The van der Waals surface area contributed by atoms with Crippen LogP contribution in [0.4, 0.5) is 13.2 Å². The molecule has 0 bridgehead atoms. The quantitative estimate of drug-likeness (QED) is 0.820. The number of nitrogens with one attached hydrogen (secondary N) is 1. The molecule has 0 amide bonds. The normalized spacial score (nSPS) is 26.0. The Labute approximate surface area is 92.7 Å². The molecule has 4 heteroatoms. The summed E-state index contributed by atoms with van der Waals surface area (Å²) in [7, 11) is 0. The molecule has 0 aliphatic carbocycles. The standard InChI is InChI=1S/C12H14F3N/c1-12(14,15)11-6-5-10(16-11)8-3-2-4-9(13)7-8/h2-4,7,10-11,16H,5-6H2,1H3/t10-,11+/m0/s1. The van der Waals surface area contributed by atoms with Gasteiger partial charge < -0.3 is 5.32 Å². The van der Waals surface area contributed by atoms with Crippen LogP contribution in [0, 0.1) is 5.82 Å². The van der Waals surface area contributed by atoms with Crippen molar-refractivity contribution in [3.05, 3.63) is 35.6 Å². The third-order valence-electron chi connectivity index (χ3n) is 3.01. The highest BCUT2D eigenvalue weighted by Gasteiger charge is 2.39. The van der Waals surface area contributed by atoms with Gasteiger partial charge in [0.1, 0.15) is 5.82 Å². The van der Waals surface area contributed by atoms with Gasteiger partial charge >= 0.3 is 0 Å². The molecule has 1 aromatic rings. The average Bonchev–Trinajstić information content (AvgIpc) is 2.65. The molecule has 1 aliphatic rings. The fourth-order valence-corrected chi connectivity index (χ4v) is 2.13. The van der Waals surface area contributed by atoms with E-state index in [-0.39, 0.29) is 11.9 Å². The van der Waals surface area contributed by atoms with Gasteiger partial charge in [-0.15, -0.1) is 0 Å². The van der Waals surface area contributed by atoms with Crippen LogP contribution in [0.25, 0.3) is 0 Å². The molecule has 1 aromatic carbocycles. The summed E-state index contributed by atoms with van der Waals surface area (Å²) in [5.74, 6) is -3.05. The van der Waals surface area contributed by atoms with Crippen molar-refractivity contribution in [1.82, 2.24) is 5.32 Å². The van der Waals surface area contributed by atoms with E-state index in [9.17, 15) is 13.2 Å². The van der Waals surface area contributed by atoms with Crippen LogP contribution in [0.15, 0.2) is 24.3 Å². The van der Waals surface area contributed by atoms with Crippen molar-refractivity contribution >= 4 is 0 Å². The molecule has 1 fully saturated rings. The van der Waals surface area contributed by atoms with E-state index in [2.05, 4.69) is 5.32 Å². The number of hydrogen-bond acceptors (Lipinski definition) is 1. The van der Waals surface area contributed by atoms with Gasteiger partial charge in [0.2, 0.25) is 0 Å². The summed E-state index contributed by atoms with van der Waals surface area (Å²) in [6, 6.07) is 5.14. The van der Waals surface area contributed by atoms with Crippen molar-refractivity contribution in [1.29, 1.82) is 0 Å². The van der Waals surface area contributed by atoms with E-state index in [1.54, 1.807) is 12.1 Å². The first kappa shape index (κ1) is 11.5. The lowest BCUT2D eigenvalue weighted by Gasteiger charge is -2.20. The zero-order valence-corrected chi connectivity index (χ0v) is 9.01. The van der Waals surface area contributed by atoms with Crippen molar-refractivity contribution in [2.24, 2.45) is 0 Å². The van der Waals surface area contributed by atoms with E-state index in [1.165, 1.54) is 12.1 Å². The molecule has 1 heterocycles. The summed E-state index contributed by atoms with van der Waals surface area (Å²) in [6.07, 6.45) is 1.04. The SMILES string of the molecule is CC(F)(F)[C@H]1CC[C@@H](c2cccc(F)c2)N1. The summed E-state index contributed by atoms with van der Waals surface area (Å²) >= 11 is 0. The lowest BCUT2D eigenvalue weighted by atomic mass is 10.0. The van der Waals surface area contributed by atoms with E-state index < -0.39 is 12.0 Å². The summed E-state index contributed by atoms with van der Waals surface area (Å²) in [4.78, 5) is 0. The summed E-state index contributed by atoms with van der Waals surface area (Å²) < 4.78 is 39.1. The van der Waals surface area contributed by atoms with Crippen LogP contribution in [0.2, 0.25) is 0 Å². The lowest BCUT2D eigenvalue weighted by Crippen LogP contribution is -2.39. The van der Waals surface area contributed by atoms with Gasteiger partial charge in [0, 0.05) is 13.0 Å². The number of hydrogen-bond donors (Lipinski definition) is 1. The van der Waals surface area contributed by atoms with Crippen molar-refractivity contribution < 1.29 is 13.2 Å². The minimum absolute atomic E-state index is 0.161. The third-order valence-corrected chi connectivity index (χ3v) is 3.01. The number of alkyl halides is 2. The van der Waals surface area contributed by atoms with E-state index in [0.29, 0.717) is 12.8 Å². The fourth-order valence-electron chi connectivity index (χ4n) is 2.13. The maximum atomic E-state index is 13.1. The maximum Gasteiger partial charge on any atom is 0.260 e. The van der Waals surface area contributed by atoms with Gasteiger partial charge in [-0.3, -0.25) is 0 Å². The first-order chi connectivity index (χ1) is 7.47. The van der Waals surface area contributed by atoms with Gasteiger partial charge in [-0.2, -0.15) is 0 Å². The molecule has 0 radical (unpaired) electrons. The summed E-state index contributed by atoms with van der Waals surface area (Å²) in [5.41, 5.74) is 0.742. The largest absolute Gasteiger partial charge is 0.302 e. The van der Waals surface area contributed by atoms with E-state index >= 15 is 0 Å². The van der Waals surface area contributed by atoms with Gasteiger partial charge in [0.25, 0.3) is 5.92 Å². The molecular formula is C12H14F3N. The molecule has 1 saturated heterocycles. The van der Waals surface area contributed by atoms with Gasteiger partial charge in [-0.1, -0.05) is 12.1 Å². The topological polar surface area (TPSA) is 12.0 Å². The van der Waals surface area contributed by atoms with Crippen molar-refractivity contribution in [2.45, 2.75) is 37.8 Å². The van der Waals surface area contributed by atoms with Gasteiger partial charge in [-0.05, 0) is 30.5 Å². The molecule has 88 valence electrons. The van der Waals surface area contributed by atoms with Crippen LogP contribution in [0.5, 0.6) is 0 Å². The molecule has 0 unspecified atom stereocenters. The molecule has 0 spiro atoms. The monoisotopic (exact) mass is 229 g/mol. The first-order valence-electron chi connectivity index (χ1n) is 5.36. The Hall–Kier alpha value is -1.03. The molecule has 1 nitrogen and oxygen atoms in total. The predicted octanol–water partition coefficient (Wildman–Crippen LogP) is 3.27. The summed E-state index contributed by atoms with van der Waals surface area (Å²) in [5, 5.41) is 2.86. The third kappa shape index (κ3) is 2.38. The van der Waals surface area contributed by atoms with Crippen LogP contribution in [-0.2, 0) is 0 Å². The van der Waals surface area contributed by atoms with Crippen LogP contribution in [0.3, 0.4) is 0 Å². The van der Waals surface area contributed by atoms with E-state index in [0.717, 1.165) is 12.5 Å². The van der Waals surface area contributed by atoms with Gasteiger partial charge in [0.05, 0.1) is 6.04 Å². The van der Waals surface area contributed by atoms with Crippen LogP contribution < -0.4 is 5.32 Å². The molecule has 16 heavy (non-hydrogen) atoms. The highest BCUT2D eigenvalue weighted by atomic mass is 19.3. The second-order valence-corrected chi connectivity index (χ2v) is 4.36. The van der Waals surface area contributed by atoms with Crippen LogP contribution >= 0.6 is 0 Å². The molecule has 1 aliphatic heterocycles. The molecule has 2 rings (SSSR count). The lowest BCUT2D eigenvalue weighted by molar-refractivity contribution is -0.0133. The fraction of sp³-hybridized carbons (Fsp3) is 0.500. The zero-order valence-electron chi connectivity index (χ0n) is 9.01. The highest BCUT2D eigenvalue weighted by molar-refractivity contribution is 5.21. The number of halogens is 3. The minimum Gasteiger partial charge on any atom is -0.302 e. The van der Waals surface area contributed by atoms with Crippen molar-refractivity contribution in [3.63, 3.8) is 0 Å². The Morgan fingerprint density at radius 3 is 2.62 bits per heavy atom. The second-order valence-electron chi connectivity index (χ2n) is 4.36. The van der Waals surface area contributed by atoms with E-state index in [1.807, 2.05) is 0 Å². The Morgan fingerprint density at radius 1 is 1.31 bits per heavy atom. The second kappa shape index (κ2) is 4.09. The van der Waals surface area contributed by atoms with Crippen LogP contribution in [-0.4, -0.2) is 12.0 Å². The van der Waals surface area contributed by atoms with Gasteiger partial charge in [-0.25, -0.2) is 13.2 Å². The number of benzene rings is 1. The molecular weight excluding hydrogens is 215 g/mol. The maximum absolute atomic E-state index is 13.1. The molecule has 0 aromatic heterocycles. The molecule has 2 atom stereocenters. The van der Waals surface area contributed by atoms with E-state index in [4.69, 9.17) is 0 Å². The van der Waals surface area contributed by atoms with Crippen molar-refractivity contribution in [2.75, 3.05) is 0 Å². The summed E-state index contributed by atoms with van der Waals surface area (Å²) in [6.45, 7) is 0.915. The zero-order chi connectivity index (χ0) is 11.8. The number of rotatable bonds is 2. The average molecular weight is 229 g/mol. The minimum atomic E-state index is -2.72.